The van der Waals surface area contributed by atoms with E-state index in [0.29, 0.717) is 30.3 Å². The van der Waals surface area contributed by atoms with Gasteiger partial charge in [-0.3, -0.25) is 9.59 Å². The highest BCUT2D eigenvalue weighted by Gasteiger charge is 2.48. The zero-order chi connectivity index (χ0) is 23.2. The fraction of sp³-hybridized carbons (Fsp3) is 0.462. The Hall–Kier alpha value is -3.22. The van der Waals surface area contributed by atoms with E-state index >= 15 is 0 Å². The highest BCUT2D eigenvalue weighted by Crippen LogP contribution is 2.35. The molecule has 7 heteroatoms. The Morgan fingerprint density at radius 3 is 2.85 bits per heavy atom. The van der Waals surface area contributed by atoms with Crippen LogP contribution in [0.5, 0.6) is 5.75 Å². The van der Waals surface area contributed by atoms with Crippen molar-refractivity contribution in [1.82, 2.24) is 14.8 Å². The summed E-state index contributed by atoms with van der Waals surface area (Å²) in [6.07, 6.45) is 6.04. The summed E-state index contributed by atoms with van der Waals surface area (Å²) in [7, 11) is 1.62. The van der Waals surface area contributed by atoms with Crippen LogP contribution in [-0.2, 0) is 17.9 Å². The van der Waals surface area contributed by atoms with Crippen LogP contribution in [0.15, 0.2) is 47.1 Å². The Morgan fingerprint density at radius 1 is 1.24 bits per heavy atom. The maximum Gasteiger partial charge on any atom is 0.271 e. The predicted molar refractivity (Wildman–Crippen MR) is 125 cm³/mol. The number of rotatable bonds is 5. The molecule has 0 spiro atoms. The average Bonchev–Trinajstić information content (AvgIpc) is 3.41. The molecule has 3 atom stereocenters. The van der Waals surface area contributed by atoms with Gasteiger partial charge in [0.15, 0.2) is 5.58 Å². The molecule has 1 fully saturated rings. The van der Waals surface area contributed by atoms with Crippen molar-refractivity contribution in [2.75, 3.05) is 7.11 Å². The molecule has 1 aliphatic heterocycles. The van der Waals surface area contributed by atoms with E-state index in [1.165, 1.54) is 6.42 Å². The number of nitrogens with one attached hydrogen (secondary N) is 1. The molecule has 2 aromatic heterocycles. The van der Waals surface area contributed by atoms with Gasteiger partial charge in [-0.25, -0.2) is 0 Å². The largest absolute Gasteiger partial charge is 0.497 e. The molecule has 5 rings (SSSR count). The first kappa shape index (κ1) is 21.6. The molecule has 7 nitrogen and oxygen atoms in total. The fourth-order valence-electron chi connectivity index (χ4n) is 5.33. The van der Waals surface area contributed by atoms with Crippen LogP contribution in [0.2, 0.25) is 0 Å². The summed E-state index contributed by atoms with van der Waals surface area (Å²) in [6.45, 7) is 4.76. The Morgan fingerprint density at radius 2 is 2.06 bits per heavy atom. The highest BCUT2D eigenvalue weighted by molar-refractivity contribution is 6.02. The van der Waals surface area contributed by atoms with Crippen LogP contribution in [-0.4, -0.2) is 40.0 Å². The van der Waals surface area contributed by atoms with Crippen LogP contribution in [0.4, 0.5) is 0 Å². The lowest BCUT2D eigenvalue weighted by atomic mass is 9.85. The zero-order valence-electron chi connectivity index (χ0n) is 19.5. The minimum Gasteiger partial charge on any atom is -0.497 e. The predicted octanol–water partition coefficient (Wildman–Crippen LogP) is 4.35. The molecule has 0 saturated heterocycles. The lowest BCUT2D eigenvalue weighted by Gasteiger charge is -2.45. The number of carbonyl (C=O) groups excluding carboxylic acids is 2. The first-order valence-electron chi connectivity index (χ1n) is 11.7. The van der Waals surface area contributed by atoms with Crippen molar-refractivity contribution < 1.29 is 18.7 Å². The Bertz CT molecular complexity index is 1200. The number of carbonyl (C=O) groups is 2. The van der Waals surface area contributed by atoms with Crippen LogP contribution in [0, 0.1) is 5.92 Å². The molecular formula is C26H31N3O4. The van der Waals surface area contributed by atoms with Gasteiger partial charge in [0, 0.05) is 24.7 Å². The van der Waals surface area contributed by atoms with Crippen molar-refractivity contribution in [2.24, 2.45) is 5.92 Å². The minimum atomic E-state index is -1.05. The topological polar surface area (TPSA) is 76.7 Å². The molecule has 1 saturated carbocycles. The second kappa shape index (κ2) is 8.28. The molecule has 2 aliphatic rings. The molecule has 0 radical (unpaired) electrons. The minimum absolute atomic E-state index is 0.103. The third kappa shape index (κ3) is 3.69. The lowest BCUT2D eigenvalue weighted by Crippen LogP contribution is -2.65. The van der Waals surface area contributed by atoms with E-state index in [0.717, 1.165) is 36.1 Å². The van der Waals surface area contributed by atoms with Crippen molar-refractivity contribution in [3.05, 3.63) is 53.9 Å². The van der Waals surface area contributed by atoms with E-state index in [9.17, 15) is 9.59 Å². The zero-order valence-corrected chi connectivity index (χ0v) is 19.5. The van der Waals surface area contributed by atoms with E-state index in [2.05, 4.69) is 12.2 Å². The number of hydrogen-bond donors (Lipinski definition) is 1. The highest BCUT2D eigenvalue weighted by atomic mass is 16.5. The summed E-state index contributed by atoms with van der Waals surface area (Å²) >= 11 is 0. The molecule has 0 bridgehead atoms. The number of fused-ring (bicyclic) bond motifs is 3. The van der Waals surface area contributed by atoms with Crippen LogP contribution < -0.4 is 10.1 Å². The molecule has 33 heavy (non-hydrogen) atoms. The summed E-state index contributed by atoms with van der Waals surface area (Å²) in [5.41, 5.74) is 1.91. The summed E-state index contributed by atoms with van der Waals surface area (Å²) in [6, 6.07) is 11.4. The first-order chi connectivity index (χ1) is 15.9. The molecule has 3 heterocycles. The standard InChI is InChI=1S/C26H31N3O4/c1-17-7-4-5-10-20(17)27-25(31)26(2)16-28-21-11-12-33-23(21)14-22(28)24(30)29(26)15-18-8-6-9-19(13-18)32-3/h6,8-9,11-14,17,20H,4-5,7,10,15-16H2,1-3H3,(H,27,31)/t17-,20-,26+/m0/s1. The second-order valence-corrected chi connectivity index (χ2v) is 9.64. The maximum absolute atomic E-state index is 13.8. The number of ether oxygens (including phenoxy) is 1. The van der Waals surface area contributed by atoms with E-state index in [-0.39, 0.29) is 17.9 Å². The Labute approximate surface area is 193 Å². The van der Waals surface area contributed by atoms with Gasteiger partial charge >= 0.3 is 0 Å². The van der Waals surface area contributed by atoms with Gasteiger partial charge in [-0.1, -0.05) is 31.9 Å². The third-order valence-electron chi connectivity index (χ3n) is 7.44. The van der Waals surface area contributed by atoms with E-state index in [1.54, 1.807) is 24.3 Å². The van der Waals surface area contributed by atoms with Gasteiger partial charge in [0.1, 0.15) is 17.0 Å². The smallest absolute Gasteiger partial charge is 0.271 e. The lowest BCUT2D eigenvalue weighted by molar-refractivity contribution is -0.134. The molecule has 1 aliphatic carbocycles. The van der Waals surface area contributed by atoms with Crippen LogP contribution in [0.1, 0.15) is 55.6 Å². The SMILES string of the molecule is COc1cccc(CN2C(=O)c3cc4occc4n3C[C@]2(C)C(=O)N[C@H]2CCCC[C@@H]2C)c1. The third-order valence-corrected chi connectivity index (χ3v) is 7.44. The Kier molecular flexibility index (Phi) is 5.43. The second-order valence-electron chi connectivity index (χ2n) is 9.64. The van der Waals surface area contributed by atoms with Gasteiger partial charge in [0.2, 0.25) is 5.91 Å². The number of furan rings is 1. The molecule has 1 N–H and O–H groups in total. The van der Waals surface area contributed by atoms with Gasteiger partial charge in [-0.2, -0.15) is 0 Å². The van der Waals surface area contributed by atoms with E-state index in [1.807, 2.05) is 41.8 Å². The monoisotopic (exact) mass is 449 g/mol. The van der Waals surface area contributed by atoms with Gasteiger partial charge in [-0.05, 0) is 43.4 Å². The summed E-state index contributed by atoms with van der Waals surface area (Å²) in [5.74, 6) is 0.874. The summed E-state index contributed by atoms with van der Waals surface area (Å²) in [5, 5.41) is 3.31. The number of hydrogen-bond acceptors (Lipinski definition) is 4. The van der Waals surface area contributed by atoms with Crippen LogP contribution >= 0.6 is 0 Å². The number of methoxy groups -OCH3 is 1. The van der Waals surface area contributed by atoms with E-state index < -0.39 is 5.54 Å². The quantitative estimate of drug-likeness (QED) is 0.628. The first-order valence-corrected chi connectivity index (χ1v) is 11.7. The van der Waals surface area contributed by atoms with Gasteiger partial charge in [0.25, 0.3) is 5.91 Å². The molecule has 1 aromatic carbocycles. The number of amides is 2. The van der Waals surface area contributed by atoms with Crippen molar-refractivity contribution in [3.63, 3.8) is 0 Å². The maximum atomic E-state index is 13.8. The average molecular weight is 450 g/mol. The summed E-state index contributed by atoms with van der Waals surface area (Å²) in [4.78, 5) is 29.3. The van der Waals surface area contributed by atoms with Crippen molar-refractivity contribution >= 4 is 22.9 Å². The molecule has 174 valence electrons. The molecule has 3 aromatic rings. The van der Waals surface area contributed by atoms with Crippen molar-refractivity contribution in [3.8, 4) is 5.75 Å². The molecule has 0 unspecified atom stereocenters. The normalized spacial score (nSPS) is 25.2. The molecule has 2 amide bonds. The van der Waals surface area contributed by atoms with Gasteiger partial charge in [-0.15, -0.1) is 0 Å². The fourth-order valence-corrected chi connectivity index (χ4v) is 5.33. The van der Waals surface area contributed by atoms with Crippen molar-refractivity contribution in [2.45, 2.75) is 64.2 Å². The number of aromatic nitrogens is 1. The van der Waals surface area contributed by atoms with Gasteiger partial charge < -0.3 is 23.9 Å². The van der Waals surface area contributed by atoms with Gasteiger partial charge in [0.05, 0.1) is 25.4 Å². The van der Waals surface area contributed by atoms with Crippen LogP contribution in [0.25, 0.3) is 11.1 Å². The van der Waals surface area contributed by atoms with E-state index in [4.69, 9.17) is 9.15 Å². The van der Waals surface area contributed by atoms with Crippen LogP contribution in [0.3, 0.4) is 0 Å². The number of nitrogens with zero attached hydrogens (tertiary/aromatic N) is 2. The summed E-state index contributed by atoms with van der Waals surface area (Å²) < 4.78 is 12.9. The number of benzene rings is 1. The molecular weight excluding hydrogens is 418 g/mol. The van der Waals surface area contributed by atoms with Crippen molar-refractivity contribution in [1.29, 1.82) is 0 Å². The Balaban J connectivity index is 1.53.